The van der Waals surface area contributed by atoms with Gasteiger partial charge in [0.15, 0.2) is 17.6 Å². The van der Waals surface area contributed by atoms with Crippen molar-refractivity contribution < 1.29 is 4.39 Å². The summed E-state index contributed by atoms with van der Waals surface area (Å²) < 4.78 is 16.2. The van der Waals surface area contributed by atoms with Gasteiger partial charge in [-0.1, -0.05) is 30.3 Å². The lowest BCUT2D eigenvalue weighted by Crippen LogP contribution is -2.44. The predicted molar refractivity (Wildman–Crippen MR) is 125 cm³/mol. The Labute approximate surface area is 188 Å². The number of pyridine rings is 1. The van der Waals surface area contributed by atoms with E-state index in [4.69, 9.17) is 4.99 Å². The minimum absolute atomic E-state index is 0.173. The number of hydrogen-bond acceptors (Lipinski definition) is 4. The van der Waals surface area contributed by atoms with Gasteiger partial charge in [0, 0.05) is 50.8 Å². The molecule has 0 spiro atoms. The van der Waals surface area contributed by atoms with Crippen LogP contribution in [-0.2, 0) is 19.5 Å². The molecule has 1 aliphatic rings. The van der Waals surface area contributed by atoms with Crippen LogP contribution in [0, 0.1) is 5.82 Å². The Kier molecular flexibility index (Phi) is 7.32. The largest absolute Gasteiger partial charge is 0.357 e. The van der Waals surface area contributed by atoms with Crippen molar-refractivity contribution in [3.8, 4) is 0 Å². The predicted octanol–water partition coefficient (Wildman–Crippen LogP) is 2.99. The van der Waals surface area contributed by atoms with E-state index in [1.165, 1.54) is 11.6 Å². The molecule has 1 unspecified atom stereocenters. The number of imidazole rings is 1. The molecular formula is C24H30FN7. The average molecular weight is 436 g/mol. The second-order valence-corrected chi connectivity index (χ2v) is 7.85. The van der Waals surface area contributed by atoms with Crippen molar-refractivity contribution in [3.63, 3.8) is 0 Å². The number of halogens is 1. The van der Waals surface area contributed by atoms with Gasteiger partial charge in [0.1, 0.15) is 12.4 Å². The van der Waals surface area contributed by atoms with E-state index in [0.717, 1.165) is 44.3 Å². The van der Waals surface area contributed by atoms with Gasteiger partial charge in [-0.05, 0) is 37.5 Å². The molecule has 1 aromatic carbocycles. The van der Waals surface area contributed by atoms with Crippen LogP contribution in [0.15, 0.2) is 66.0 Å². The zero-order valence-corrected chi connectivity index (χ0v) is 18.4. The Morgan fingerprint density at radius 1 is 1.16 bits per heavy atom. The molecule has 4 rings (SSSR count). The lowest BCUT2D eigenvalue weighted by molar-refractivity contribution is 0.612. The molecule has 0 radical (unpaired) electrons. The number of nitrogens with zero attached hydrogens (tertiary/aromatic N) is 5. The molecule has 1 saturated heterocycles. The van der Waals surface area contributed by atoms with Gasteiger partial charge >= 0.3 is 0 Å². The van der Waals surface area contributed by atoms with Crippen LogP contribution >= 0.6 is 0 Å². The van der Waals surface area contributed by atoms with Crippen LogP contribution in [0.3, 0.4) is 0 Å². The maximum Gasteiger partial charge on any atom is 0.191 e. The van der Waals surface area contributed by atoms with E-state index in [2.05, 4.69) is 49.4 Å². The highest BCUT2D eigenvalue weighted by Crippen LogP contribution is 2.20. The number of aryl methyl sites for hydroxylation is 2. The number of aliphatic imine (C=N–C) groups is 1. The van der Waals surface area contributed by atoms with Gasteiger partial charge < -0.3 is 20.1 Å². The summed E-state index contributed by atoms with van der Waals surface area (Å²) in [5.41, 5.74) is 1.31. The molecule has 2 aromatic heterocycles. The summed E-state index contributed by atoms with van der Waals surface area (Å²) in [4.78, 5) is 15.4. The fourth-order valence-electron chi connectivity index (χ4n) is 3.93. The third-order valence-electron chi connectivity index (χ3n) is 5.58. The summed E-state index contributed by atoms with van der Waals surface area (Å²) in [6, 6.07) is 13.7. The monoisotopic (exact) mass is 435 g/mol. The maximum absolute atomic E-state index is 14.1. The fourth-order valence-corrected chi connectivity index (χ4v) is 3.93. The lowest BCUT2D eigenvalue weighted by atomic mass is 10.1. The number of hydrogen-bond donors (Lipinski definition) is 2. The van der Waals surface area contributed by atoms with Gasteiger partial charge in [0.05, 0.1) is 0 Å². The van der Waals surface area contributed by atoms with E-state index in [0.29, 0.717) is 18.9 Å². The first-order chi connectivity index (χ1) is 15.7. The van der Waals surface area contributed by atoms with Gasteiger partial charge in [-0.25, -0.2) is 19.4 Å². The number of benzene rings is 1. The van der Waals surface area contributed by atoms with Crippen molar-refractivity contribution in [2.24, 2.45) is 4.99 Å². The molecule has 1 aliphatic heterocycles. The van der Waals surface area contributed by atoms with Crippen molar-refractivity contribution >= 4 is 11.8 Å². The van der Waals surface area contributed by atoms with Gasteiger partial charge in [0.2, 0.25) is 0 Å². The molecule has 0 aliphatic carbocycles. The summed E-state index contributed by atoms with van der Waals surface area (Å²) in [5, 5.41) is 6.79. The SMILES string of the molecule is CCNC(=NCc1nccn1CCc1ccccc1)NC1CCN(c2ncccc2F)C1. The fraction of sp³-hybridized carbons (Fsp3) is 0.375. The second kappa shape index (κ2) is 10.7. The maximum atomic E-state index is 14.1. The zero-order valence-electron chi connectivity index (χ0n) is 18.4. The molecule has 32 heavy (non-hydrogen) atoms. The highest BCUT2D eigenvalue weighted by Gasteiger charge is 2.26. The zero-order chi connectivity index (χ0) is 22.2. The first-order valence-electron chi connectivity index (χ1n) is 11.2. The van der Waals surface area contributed by atoms with Crippen LogP contribution in [-0.4, -0.2) is 46.2 Å². The average Bonchev–Trinajstić information content (AvgIpc) is 3.46. The van der Waals surface area contributed by atoms with Crippen LogP contribution in [0.25, 0.3) is 0 Å². The van der Waals surface area contributed by atoms with Crippen LogP contribution in [0.5, 0.6) is 0 Å². The third kappa shape index (κ3) is 5.63. The Morgan fingerprint density at radius 2 is 2.03 bits per heavy atom. The molecule has 0 bridgehead atoms. The Balaban J connectivity index is 1.35. The minimum atomic E-state index is -0.281. The van der Waals surface area contributed by atoms with Crippen molar-refractivity contribution in [2.45, 2.75) is 38.9 Å². The number of anilines is 1. The minimum Gasteiger partial charge on any atom is -0.357 e. The summed E-state index contributed by atoms with van der Waals surface area (Å²) in [7, 11) is 0. The van der Waals surface area contributed by atoms with Crippen molar-refractivity contribution in [2.75, 3.05) is 24.5 Å². The van der Waals surface area contributed by atoms with E-state index in [-0.39, 0.29) is 11.9 Å². The molecular weight excluding hydrogens is 405 g/mol. The number of guanidine groups is 1. The first kappa shape index (κ1) is 21.8. The topological polar surface area (TPSA) is 70.4 Å². The summed E-state index contributed by atoms with van der Waals surface area (Å²) in [6.07, 6.45) is 7.31. The highest BCUT2D eigenvalue weighted by atomic mass is 19.1. The van der Waals surface area contributed by atoms with E-state index < -0.39 is 0 Å². The molecule has 0 saturated carbocycles. The Morgan fingerprint density at radius 3 is 2.84 bits per heavy atom. The number of rotatable bonds is 8. The normalized spacial score (nSPS) is 16.4. The standard InChI is InChI=1S/C24H30FN7/c1-2-26-24(30-20-11-15-32(18-20)23-21(25)9-6-12-28-23)29-17-22-27-13-16-31(22)14-10-19-7-4-3-5-8-19/h3-9,12-13,16,20H,2,10-11,14-15,17-18H2,1H3,(H2,26,29,30). The quantitative estimate of drug-likeness (QED) is 0.421. The summed E-state index contributed by atoms with van der Waals surface area (Å²) in [5.74, 6) is 1.82. The lowest BCUT2D eigenvalue weighted by Gasteiger charge is -2.20. The highest BCUT2D eigenvalue weighted by molar-refractivity contribution is 5.80. The second-order valence-electron chi connectivity index (χ2n) is 7.85. The Bertz CT molecular complexity index is 1020. The molecule has 168 valence electrons. The number of aromatic nitrogens is 3. The molecule has 3 heterocycles. The van der Waals surface area contributed by atoms with Crippen molar-refractivity contribution in [1.29, 1.82) is 0 Å². The van der Waals surface area contributed by atoms with Gasteiger partial charge in [-0.3, -0.25) is 0 Å². The molecule has 0 amide bonds. The molecule has 8 heteroatoms. The van der Waals surface area contributed by atoms with Gasteiger partial charge in [-0.15, -0.1) is 0 Å². The van der Waals surface area contributed by atoms with Crippen LogP contribution in [0.4, 0.5) is 10.2 Å². The molecule has 7 nitrogen and oxygen atoms in total. The molecule has 3 aromatic rings. The smallest absolute Gasteiger partial charge is 0.191 e. The number of nitrogens with one attached hydrogen (secondary N) is 2. The van der Waals surface area contributed by atoms with Crippen LogP contribution < -0.4 is 15.5 Å². The van der Waals surface area contributed by atoms with E-state index in [1.54, 1.807) is 12.3 Å². The van der Waals surface area contributed by atoms with Crippen LogP contribution in [0.2, 0.25) is 0 Å². The van der Waals surface area contributed by atoms with E-state index >= 15 is 0 Å². The molecule has 2 N–H and O–H groups in total. The molecule has 1 atom stereocenters. The molecule has 1 fully saturated rings. The third-order valence-corrected chi connectivity index (χ3v) is 5.58. The summed E-state index contributed by atoms with van der Waals surface area (Å²) in [6.45, 7) is 5.61. The Hall–Kier alpha value is -3.42. The van der Waals surface area contributed by atoms with Crippen LogP contribution in [0.1, 0.15) is 24.7 Å². The van der Waals surface area contributed by atoms with E-state index in [9.17, 15) is 4.39 Å². The van der Waals surface area contributed by atoms with Gasteiger partial charge in [0.25, 0.3) is 0 Å². The summed E-state index contributed by atoms with van der Waals surface area (Å²) >= 11 is 0. The van der Waals surface area contributed by atoms with E-state index in [1.807, 2.05) is 30.3 Å². The van der Waals surface area contributed by atoms with Gasteiger partial charge in [-0.2, -0.15) is 0 Å². The first-order valence-corrected chi connectivity index (χ1v) is 11.2. The van der Waals surface area contributed by atoms with Crippen molar-refractivity contribution in [1.82, 2.24) is 25.2 Å². The van der Waals surface area contributed by atoms with Crippen molar-refractivity contribution in [3.05, 3.63) is 78.3 Å².